The van der Waals surface area contributed by atoms with Crippen LogP contribution in [-0.4, -0.2) is 66.5 Å². The van der Waals surface area contributed by atoms with Gasteiger partial charge in [-0.25, -0.2) is 13.8 Å². The highest BCUT2D eigenvalue weighted by Crippen LogP contribution is 2.30. The normalized spacial score (nSPS) is 21.1. The van der Waals surface area contributed by atoms with Gasteiger partial charge in [-0.3, -0.25) is 9.88 Å². The molecule has 3 heterocycles. The summed E-state index contributed by atoms with van der Waals surface area (Å²) in [6.07, 6.45) is 2.17. The lowest BCUT2D eigenvalue weighted by molar-refractivity contribution is -0.0704. The number of benzene rings is 2. The van der Waals surface area contributed by atoms with Crippen LogP contribution in [0.1, 0.15) is 37.9 Å². The second-order valence-electron chi connectivity index (χ2n) is 9.86. The van der Waals surface area contributed by atoms with E-state index >= 15 is 0 Å². The predicted octanol–water partition coefficient (Wildman–Crippen LogP) is 5.60. The van der Waals surface area contributed by atoms with Crippen LogP contribution in [0.4, 0.5) is 20.3 Å². The number of aromatic nitrogens is 2. The Morgan fingerprint density at radius 3 is 2.37 bits per heavy atom. The van der Waals surface area contributed by atoms with Crippen LogP contribution in [0.25, 0.3) is 11.0 Å². The molecule has 3 atom stereocenters. The number of fused-ring (bicyclic) bond motifs is 1. The predicted molar refractivity (Wildman–Crippen MR) is 151 cm³/mol. The SMILES string of the molecule is CC1CN(Cc2cc(C(C)Nc3cc(F)cc(F)c3)c3nc(N4CCOCC4)cnc3c2)CC(C)O1.SCl. The first-order chi connectivity index (χ1) is 18.3. The van der Waals surface area contributed by atoms with Crippen LogP contribution in [0.15, 0.2) is 36.5 Å². The third-order valence-corrected chi connectivity index (χ3v) is 6.67. The molecule has 1 N–H and O–H groups in total. The van der Waals surface area contributed by atoms with E-state index in [4.69, 9.17) is 19.4 Å². The minimum absolute atomic E-state index is 0.174. The summed E-state index contributed by atoms with van der Waals surface area (Å²) < 4.78 is 39.1. The largest absolute Gasteiger partial charge is 0.378 e. The first-order valence-electron chi connectivity index (χ1n) is 12.7. The molecular formula is C27H34ClF2N5O2S. The first kappa shape index (κ1) is 28.8. The maximum absolute atomic E-state index is 13.8. The van der Waals surface area contributed by atoms with Crippen molar-refractivity contribution in [2.75, 3.05) is 49.6 Å². The summed E-state index contributed by atoms with van der Waals surface area (Å²) in [5, 5.41) is 3.26. The van der Waals surface area contributed by atoms with E-state index in [1.54, 1.807) is 0 Å². The number of morpholine rings is 2. The van der Waals surface area contributed by atoms with E-state index in [1.165, 1.54) is 12.1 Å². The van der Waals surface area contributed by atoms with Gasteiger partial charge in [-0.1, -0.05) is 17.9 Å². The Morgan fingerprint density at radius 1 is 1.05 bits per heavy atom. The molecule has 38 heavy (non-hydrogen) atoms. The van der Waals surface area contributed by atoms with Crippen molar-refractivity contribution in [2.24, 2.45) is 0 Å². The van der Waals surface area contributed by atoms with Crippen LogP contribution in [0.5, 0.6) is 0 Å². The molecule has 0 aliphatic carbocycles. The van der Waals surface area contributed by atoms with Crippen molar-refractivity contribution in [2.45, 2.75) is 45.6 Å². The molecule has 2 aliphatic heterocycles. The highest BCUT2D eigenvalue weighted by molar-refractivity contribution is 8.05. The number of hydrogen-bond donors (Lipinski definition) is 2. The van der Waals surface area contributed by atoms with E-state index in [2.05, 4.69) is 63.6 Å². The Bertz CT molecular complexity index is 1200. The van der Waals surface area contributed by atoms with E-state index in [0.717, 1.165) is 66.8 Å². The monoisotopic (exact) mass is 565 g/mol. The van der Waals surface area contributed by atoms with E-state index in [0.29, 0.717) is 18.9 Å². The molecule has 0 bridgehead atoms. The third-order valence-electron chi connectivity index (χ3n) is 6.67. The molecule has 0 radical (unpaired) electrons. The van der Waals surface area contributed by atoms with Crippen molar-refractivity contribution in [3.8, 4) is 0 Å². The molecule has 2 aromatic carbocycles. The topological polar surface area (TPSA) is 62.8 Å². The van der Waals surface area contributed by atoms with Gasteiger partial charge in [0.15, 0.2) is 0 Å². The lowest BCUT2D eigenvalue weighted by Gasteiger charge is -2.35. The van der Waals surface area contributed by atoms with Crippen LogP contribution in [0.2, 0.25) is 0 Å². The van der Waals surface area contributed by atoms with Crippen LogP contribution < -0.4 is 10.2 Å². The molecule has 3 unspecified atom stereocenters. The summed E-state index contributed by atoms with van der Waals surface area (Å²) in [7, 11) is 4.33. The number of thiol groups is 1. The number of anilines is 2. The highest BCUT2D eigenvalue weighted by atomic mass is 35.7. The van der Waals surface area contributed by atoms with Crippen LogP contribution in [-0.2, 0) is 16.0 Å². The van der Waals surface area contributed by atoms with Crippen molar-refractivity contribution in [3.05, 3.63) is 59.3 Å². The summed E-state index contributed by atoms with van der Waals surface area (Å²) in [4.78, 5) is 14.3. The fourth-order valence-electron chi connectivity index (χ4n) is 5.20. The average Bonchev–Trinajstić information content (AvgIpc) is 2.88. The minimum Gasteiger partial charge on any atom is -0.378 e. The highest BCUT2D eigenvalue weighted by Gasteiger charge is 2.24. The summed E-state index contributed by atoms with van der Waals surface area (Å²) in [6, 6.07) is 7.44. The average molecular weight is 566 g/mol. The van der Waals surface area contributed by atoms with Crippen LogP contribution in [0.3, 0.4) is 0 Å². The van der Waals surface area contributed by atoms with Crippen molar-refractivity contribution in [1.82, 2.24) is 14.9 Å². The number of ether oxygens (including phenoxy) is 2. The Morgan fingerprint density at radius 2 is 1.71 bits per heavy atom. The summed E-state index contributed by atoms with van der Waals surface area (Å²) in [6.45, 7) is 11.5. The van der Waals surface area contributed by atoms with Crippen LogP contribution in [0, 0.1) is 11.6 Å². The van der Waals surface area contributed by atoms with E-state index in [1.807, 2.05) is 13.1 Å². The van der Waals surface area contributed by atoms with Gasteiger partial charge < -0.3 is 19.7 Å². The van der Waals surface area contributed by atoms with E-state index < -0.39 is 11.6 Å². The molecule has 7 nitrogen and oxygen atoms in total. The van der Waals surface area contributed by atoms with Gasteiger partial charge in [-0.2, -0.15) is 0 Å². The Hall–Kier alpha value is -2.24. The molecule has 0 spiro atoms. The van der Waals surface area contributed by atoms with Gasteiger partial charge in [-0.05, 0) is 55.2 Å². The zero-order chi connectivity index (χ0) is 27.2. The fraction of sp³-hybridized carbons (Fsp3) is 0.481. The quantitative estimate of drug-likeness (QED) is 0.377. The van der Waals surface area contributed by atoms with Gasteiger partial charge >= 0.3 is 0 Å². The minimum atomic E-state index is -0.617. The number of halogens is 3. The molecule has 206 valence electrons. The molecule has 2 aliphatic rings. The summed E-state index contributed by atoms with van der Waals surface area (Å²) in [5.74, 6) is -0.429. The maximum Gasteiger partial charge on any atom is 0.148 e. The van der Waals surface area contributed by atoms with Crippen molar-refractivity contribution in [3.63, 3.8) is 0 Å². The number of hydrogen-bond acceptors (Lipinski definition) is 8. The Kier molecular flexibility index (Phi) is 10.00. The Balaban J connectivity index is 0.00000164. The fourth-order valence-corrected chi connectivity index (χ4v) is 5.20. The molecule has 0 amide bonds. The van der Waals surface area contributed by atoms with E-state index in [-0.39, 0.29) is 18.2 Å². The number of nitrogens with one attached hydrogen (secondary N) is 1. The zero-order valence-corrected chi connectivity index (χ0v) is 23.5. The molecule has 11 heteroatoms. The molecule has 1 aromatic heterocycles. The van der Waals surface area contributed by atoms with E-state index in [9.17, 15) is 8.78 Å². The van der Waals surface area contributed by atoms with Gasteiger partial charge in [0, 0.05) is 50.0 Å². The number of rotatable bonds is 6. The third kappa shape index (κ3) is 7.24. The number of nitrogens with zero attached hydrogens (tertiary/aromatic N) is 4. The first-order valence-corrected chi connectivity index (χ1v) is 14.1. The lowest BCUT2D eigenvalue weighted by Crippen LogP contribution is -2.44. The lowest BCUT2D eigenvalue weighted by atomic mass is 10.0. The van der Waals surface area contributed by atoms with Gasteiger partial charge in [0.05, 0.1) is 48.7 Å². The summed E-state index contributed by atoms with van der Waals surface area (Å²) in [5.41, 5.74) is 4.01. The van der Waals surface area contributed by atoms with Gasteiger partial charge in [-0.15, -0.1) is 0 Å². The molecule has 5 rings (SSSR count). The molecule has 3 aromatic rings. The van der Waals surface area contributed by atoms with Crippen LogP contribution >= 0.6 is 22.5 Å². The molecular weight excluding hydrogens is 532 g/mol. The molecule has 2 fully saturated rings. The Labute approximate surface area is 232 Å². The zero-order valence-electron chi connectivity index (χ0n) is 21.8. The van der Waals surface area contributed by atoms with Crippen molar-refractivity contribution in [1.29, 1.82) is 0 Å². The maximum atomic E-state index is 13.8. The molecule has 2 saturated heterocycles. The molecule has 0 saturated carbocycles. The standard InChI is InChI=1S/C27H33F2N5O2.ClHS/c1-17-14-33(15-18(2)36-17)16-20-8-24(19(3)31-23-11-21(28)10-22(29)12-23)27-25(9-20)30-13-26(32-27)34-4-6-35-7-5-34;1-2/h8-13,17-19,31H,4-7,14-16H2,1-3H3;2H. The van der Waals surface area contributed by atoms with Gasteiger partial charge in [0.25, 0.3) is 0 Å². The van der Waals surface area contributed by atoms with Gasteiger partial charge in [0.2, 0.25) is 0 Å². The van der Waals surface area contributed by atoms with Crippen molar-refractivity contribution >= 4 is 45.1 Å². The van der Waals surface area contributed by atoms with Crippen molar-refractivity contribution < 1.29 is 18.3 Å². The summed E-state index contributed by atoms with van der Waals surface area (Å²) >= 11 is 3.00. The smallest absolute Gasteiger partial charge is 0.148 e. The second-order valence-corrected chi connectivity index (χ2v) is 9.86. The van der Waals surface area contributed by atoms with Gasteiger partial charge in [0.1, 0.15) is 17.5 Å². The second kappa shape index (κ2) is 13.2.